The molecule has 15 heavy (non-hydrogen) atoms. The van der Waals surface area contributed by atoms with Crippen LogP contribution in [0, 0.1) is 0 Å². The van der Waals surface area contributed by atoms with E-state index in [9.17, 15) is 0 Å². The van der Waals surface area contributed by atoms with Crippen LogP contribution < -0.4 is 5.32 Å². The van der Waals surface area contributed by atoms with Gasteiger partial charge in [-0.05, 0) is 17.7 Å². The smallest absolute Gasteiger partial charge is 0.0595 e. The minimum atomic E-state index is 0.0436. The van der Waals surface area contributed by atoms with Crippen LogP contribution in [0.25, 0.3) is 0 Å². The highest BCUT2D eigenvalue weighted by Gasteiger charge is 2.20. The van der Waals surface area contributed by atoms with Crippen LogP contribution in [0.4, 0.5) is 0 Å². The Kier molecular flexibility index (Phi) is 4.91. The van der Waals surface area contributed by atoms with Crippen LogP contribution in [-0.4, -0.2) is 12.0 Å². The zero-order valence-electron chi connectivity index (χ0n) is 8.78. The fraction of sp³-hybridized carbons (Fsp3) is 0.455. The third-order valence-corrected chi connectivity index (χ3v) is 3.50. The highest BCUT2D eigenvalue weighted by Crippen LogP contribution is 2.29. The summed E-state index contributed by atoms with van der Waals surface area (Å²) in [4.78, 5) is 0. The minimum Gasteiger partial charge on any atom is -0.306 e. The Bertz CT molecular complexity index is 339. The van der Waals surface area contributed by atoms with Gasteiger partial charge in [-0.1, -0.05) is 59.0 Å². The molecule has 84 valence electrons. The van der Waals surface area contributed by atoms with Crippen molar-refractivity contribution < 1.29 is 0 Å². The van der Waals surface area contributed by atoms with Gasteiger partial charge in [-0.15, -0.1) is 0 Å². The zero-order chi connectivity index (χ0) is 11.5. The van der Waals surface area contributed by atoms with Crippen molar-refractivity contribution in [2.45, 2.75) is 19.3 Å². The Morgan fingerprint density at radius 2 is 1.93 bits per heavy atom. The molecule has 0 heterocycles. The van der Waals surface area contributed by atoms with E-state index in [1.807, 2.05) is 18.2 Å². The Balaban J connectivity index is 2.89. The highest BCUT2D eigenvalue weighted by molar-refractivity contribution is 9.09. The monoisotopic (exact) mass is 309 g/mol. The minimum absolute atomic E-state index is 0.0436. The molecule has 4 heteroatoms. The van der Waals surface area contributed by atoms with Crippen LogP contribution in [0.15, 0.2) is 18.2 Å². The molecule has 0 aliphatic rings. The molecule has 0 saturated carbocycles. The number of rotatable bonds is 4. The van der Waals surface area contributed by atoms with E-state index in [4.69, 9.17) is 23.2 Å². The van der Waals surface area contributed by atoms with Crippen LogP contribution in [-0.2, 0) is 5.41 Å². The lowest BCUT2D eigenvalue weighted by atomic mass is 9.85. The van der Waals surface area contributed by atoms with E-state index >= 15 is 0 Å². The van der Waals surface area contributed by atoms with Crippen molar-refractivity contribution >= 4 is 39.1 Å². The van der Waals surface area contributed by atoms with E-state index < -0.39 is 0 Å². The maximum Gasteiger partial charge on any atom is 0.0595 e. The first kappa shape index (κ1) is 13.3. The van der Waals surface area contributed by atoms with E-state index in [2.05, 4.69) is 35.1 Å². The molecule has 1 aromatic carbocycles. The molecule has 0 saturated heterocycles. The van der Waals surface area contributed by atoms with Gasteiger partial charge in [-0.2, -0.15) is 0 Å². The number of benzene rings is 1. The van der Waals surface area contributed by atoms with Gasteiger partial charge in [0.15, 0.2) is 0 Å². The second-order valence-corrected chi connectivity index (χ2v) is 5.45. The Hall–Kier alpha value is 0.240. The summed E-state index contributed by atoms with van der Waals surface area (Å²) in [6, 6.07) is 5.79. The quantitative estimate of drug-likeness (QED) is 0.649. The predicted octanol–water partition coefficient (Wildman–Crippen LogP) is 4.21. The largest absolute Gasteiger partial charge is 0.306 e. The normalized spacial score (nSPS) is 11.8. The molecule has 1 nitrogen and oxygen atoms in total. The summed E-state index contributed by atoms with van der Waals surface area (Å²) in [6.45, 7) is 5.22. The summed E-state index contributed by atoms with van der Waals surface area (Å²) >= 11 is 15.2. The molecule has 0 radical (unpaired) electrons. The summed E-state index contributed by atoms with van der Waals surface area (Å²) in [7, 11) is 0. The molecular weight excluding hydrogens is 297 g/mol. The fourth-order valence-corrected chi connectivity index (χ4v) is 1.88. The van der Waals surface area contributed by atoms with Gasteiger partial charge in [0.2, 0.25) is 0 Å². The summed E-state index contributed by atoms with van der Waals surface area (Å²) in [6.07, 6.45) is 0. The van der Waals surface area contributed by atoms with Crippen molar-refractivity contribution in [3.63, 3.8) is 0 Å². The molecule has 0 fully saturated rings. The predicted molar refractivity (Wildman–Crippen MR) is 71.3 cm³/mol. The molecule has 0 unspecified atom stereocenters. The molecule has 0 aromatic heterocycles. The Labute approximate surface area is 109 Å². The molecule has 1 N–H and O–H groups in total. The second-order valence-electron chi connectivity index (χ2n) is 4.07. The van der Waals surface area contributed by atoms with Crippen molar-refractivity contribution in [3.8, 4) is 0 Å². The van der Waals surface area contributed by atoms with Gasteiger partial charge in [0.1, 0.15) is 0 Å². The van der Waals surface area contributed by atoms with Gasteiger partial charge < -0.3 is 5.32 Å². The van der Waals surface area contributed by atoms with Gasteiger partial charge >= 0.3 is 0 Å². The van der Waals surface area contributed by atoms with E-state index in [1.54, 1.807) is 0 Å². The number of alkyl halides is 1. The van der Waals surface area contributed by atoms with Crippen LogP contribution in [0.1, 0.15) is 19.4 Å². The Morgan fingerprint density at radius 1 is 1.27 bits per heavy atom. The first-order valence-corrected chi connectivity index (χ1v) is 6.57. The Morgan fingerprint density at radius 3 is 2.47 bits per heavy atom. The third kappa shape index (κ3) is 3.63. The van der Waals surface area contributed by atoms with Gasteiger partial charge in [0.05, 0.1) is 15.5 Å². The van der Waals surface area contributed by atoms with Gasteiger partial charge in [-0.25, -0.2) is 0 Å². The van der Waals surface area contributed by atoms with Crippen molar-refractivity contribution in [1.29, 1.82) is 0 Å². The third-order valence-electron chi connectivity index (χ3n) is 2.36. The maximum atomic E-state index is 5.99. The molecule has 1 rings (SSSR count). The average Bonchev–Trinajstić information content (AvgIpc) is 2.19. The highest BCUT2D eigenvalue weighted by atomic mass is 79.9. The number of hydrogen-bond donors (Lipinski definition) is 1. The first-order valence-electron chi connectivity index (χ1n) is 4.69. The maximum absolute atomic E-state index is 5.99. The van der Waals surface area contributed by atoms with Crippen LogP contribution >= 0.6 is 39.1 Å². The SMILES string of the molecule is CC(C)(CNCBr)c1ccc(Cl)c(Cl)c1. The van der Waals surface area contributed by atoms with Crippen molar-refractivity contribution in [3.05, 3.63) is 33.8 Å². The fourth-order valence-electron chi connectivity index (χ4n) is 1.38. The molecule has 0 aliphatic carbocycles. The zero-order valence-corrected chi connectivity index (χ0v) is 11.9. The lowest BCUT2D eigenvalue weighted by molar-refractivity contribution is 0.491. The summed E-state index contributed by atoms with van der Waals surface area (Å²) < 4.78 is 0. The van der Waals surface area contributed by atoms with E-state index in [0.717, 1.165) is 12.0 Å². The standard InChI is InChI=1S/C11H14BrCl2N/c1-11(2,6-15-7-12)8-3-4-9(13)10(14)5-8/h3-5,15H,6-7H2,1-2H3. The lowest BCUT2D eigenvalue weighted by Crippen LogP contribution is -2.32. The summed E-state index contributed by atoms with van der Waals surface area (Å²) in [5, 5.41) is 4.48. The molecule has 0 amide bonds. The van der Waals surface area contributed by atoms with Crippen LogP contribution in [0.5, 0.6) is 0 Å². The van der Waals surface area contributed by atoms with Crippen LogP contribution in [0.3, 0.4) is 0 Å². The number of halogens is 3. The first-order chi connectivity index (χ1) is 6.97. The average molecular weight is 311 g/mol. The summed E-state index contributed by atoms with van der Waals surface area (Å²) in [5.74, 6) is 0. The second kappa shape index (κ2) is 5.53. The molecule has 0 bridgehead atoms. The number of nitrogens with one attached hydrogen (secondary N) is 1. The van der Waals surface area contributed by atoms with E-state index in [1.165, 1.54) is 5.56 Å². The van der Waals surface area contributed by atoms with Gasteiger partial charge in [-0.3, -0.25) is 0 Å². The molecule has 1 aromatic rings. The molecule has 0 atom stereocenters. The summed E-state index contributed by atoms with van der Waals surface area (Å²) in [5.41, 5.74) is 2.02. The van der Waals surface area contributed by atoms with E-state index in [0.29, 0.717) is 10.0 Å². The van der Waals surface area contributed by atoms with Gasteiger partial charge in [0.25, 0.3) is 0 Å². The van der Waals surface area contributed by atoms with E-state index in [-0.39, 0.29) is 5.41 Å². The molecular formula is C11H14BrCl2N. The number of hydrogen-bond acceptors (Lipinski definition) is 1. The lowest BCUT2D eigenvalue weighted by Gasteiger charge is -2.25. The van der Waals surface area contributed by atoms with Gasteiger partial charge in [0, 0.05) is 12.0 Å². The topological polar surface area (TPSA) is 12.0 Å². The van der Waals surface area contributed by atoms with Crippen molar-refractivity contribution in [2.75, 3.05) is 12.0 Å². The van der Waals surface area contributed by atoms with Crippen molar-refractivity contribution in [1.82, 2.24) is 5.32 Å². The molecule has 0 spiro atoms. The van der Waals surface area contributed by atoms with Crippen molar-refractivity contribution in [2.24, 2.45) is 0 Å². The molecule has 0 aliphatic heterocycles. The van der Waals surface area contributed by atoms with Crippen LogP contribution in [0.2, 0.25) is 10.0 Å².